The second kappa shape index (κ2) is 10.0. The summed E-state index contributed by atoms with van der Waals surface area (Å²) in [5.41, 5.74) is 0. The third kappa shape index (κ3) is 11.1. The SMILES string of the molecule is COC(OCCOC(C)=O)OCCOC(C)=O. The minimum Gasteiger partial charge on any atom is -0.463 e. The van der Waals surface area contributed by atoms with Crippen LogP contribution in [0.3, 0.4) is 0 Å². The van der Waals surface area contributed by atoms with Crippen LogP contribution in [0, 0.1) is 0 Å². The Morgan fingerprint density at radius 3 is 1.59 bits per heavy atom. The van der Waals surface area contributed by atoms with Crippen LogP contribution in [0.4, 0.5) is 0 Å². The molecule has 0 aromatic rings. The number of carbonyl (C=O) groups is 2. The van der Waals surface area contributed by atoms with Crippen molar-refractivity contribution in [1.29, 1.82) is 0 Å². The molecule has 0 fully saturated rings. The fraction of sp³-hybridized carbons (Fsp3) is 0.800. The van der Waals surface area contributed by atoms with Crippen LogP contribution in [-0.4, -0.2) is 52.0 Å². The number of esters is 2. The lowest BCUT2D eigenvalue weighted by Gasteiger charge is -2.16. The molecule has 0 heterocycles. The lowest BCUT2D eigenvalue weighted by Crippen LogP contribution is -2.24. The van der Waals surface area contributed by atoms with Crippen LogP contribution in [0.2, 0.25) is 0 Å². The Hall–Kier alpha value is -1.18. The van der Waals surface area contributed by atoms with Gasteiger partial charge >= 0.3 is 11.9 Å². The number of carbonyl (C=O) groups excluding carboxylic acids is 2. The number of hydrogen-bond donors (Lipinski definition) is 0. The van der Waals surface area contributed by atoms with Crippen molar-refractivity contribution in [1.82, 2.24) is 0 Å². The van der Waals surface area contributed by atoms with Gasteiger partial charge in [0.2, 0.25) is 0 Å². The van der Waals surface area contributed by atoms with Gasteiger partial charge in [0.1, 0.15) is 13.2 Å². The quantitative estimate of drug-likeness (QED) is 0.325. The average molecular weight is 250 g/mol. The Morgan fingerprint density at radius 1 is 0.882 bits per heavy atom. The summed E-state index contributed by atoms with van der Waals surface area (Å²) >= 11 is 0. The molecule has 0 amide bonds. The standard InChI is InChI=1S/C10H18O7/c1-8(11)14-4-6-16-10(13-3)17-7-5-15-9(2)12/h10H,4-7H2,1-3H3. The molecule has 0 aliphatic heterocycles. The van der Waals surface area contributed by atoms with Crippen LogP contribution >= 0.6 is 0 Å². The largest absolute Gasteiger partial charge is 0.463 e. The summed E-state index contributed by atoms with van der Waals surface area (Å²) in [6.45, 7) is 2.32. The Bertz CT molecular complexity index is 207. The van der Waals surface area contributed by atoms with Crippen molar-refractivity contribution >= 4 is 11.9 Å². The first-order chi connectivity index (χ1) is 8.06. The predicted molar refractivity (Wildman–Crippen MR) is 56.0 cm³/mol. The molecule has 0 rings (SSSR count). The maximum absolute atomic E-state index is 10.4. The van der Waals surface area contributed by atoms with E-state index in [4.69, 9.17) is 14.2 Å². The van der Waals surface area contributed by atoms with Crippen molar-refractivity contribution in [2.24, 2.45) is 0 Å². The van der Waals surface area contributed by atoms with Gasteiger partial charge in [0.15, 0.2) is 0 Å². The van der Waals surface area contributed by atoms with Gasteiger partial charge in [0.05, 0.1) is 13.2 Å². The van der Waals surface area contributed by atoms with Crippen molar-refractivity contribution in [3.8, 4) is 0 Å². The lowest BCUT2D eigenvalue weighted by molar-refractivity contribution is -0.281. The van der Waals surface area contributed by atoms with E-state index in [2.05, 4.69) is 9.47 Å². The highest BCUT2D eigenvalue weighted by atomic mass is 16.8. The topological polar surface area (TPSA) is 80.3 Å². The van der Waals surface area contributed by atoms with Crippen LogP contribution in [0.5, 0.6) is 0 Å². The van der Waals surface area contributed by atoms with Gasteiger partial charge in [-0.25, -0.2) is 0 Å². The van der Waals surface area contributed by atoms with Crippen LogP contribution in [-0.2, 0) is 33.3 Å². The van der Waals surface area contributed by atoms with Crippen LogP contribution in [0.25, 0.3) is 0 Å². The predicted octanol–water partition coefficient (Wildman–Crippen LogP) is 0.0758. The first-order valence-electron chi connectivity index (χ1n) is 5.09. The van der Waals surface area contributed by atoms with Crippen molar-refractivity contribution < 1.29 is 33.3 Å². The number of ether oxygens (including phenoxy) is 5. The molecule has 0 aliphatic carbocycles. The molecule has 0 N–H and O–H groups in total. The molecule has 0 spiro atoms. The fourth-order valence-corrected chi connectivity index (χ4v) is 0.844. The zero-order chi connectivity index (χ0) is 13.1. The Morgan fingerprint density at radius 2 is 1.29 bits per heavy atom. The Kier molecular flexibility index (Phi) is 9.31. The molecule has 0 saturated carbocycles. The van der Waals surface area contributed by atoms with E-state index in [1.54, 1.807) is 0 Å². The second-order valence-corrected chi connectivity index (χ2v) is 2.95. The van der Waals surface area contributed by atoms with Gasteiger partial charge in [0, 0.05) is 21.0 Å². The van der Waals surface area contributed by atoms with Gasteiger partial charge in [-0.05, 0) is 0 Å². The maximum Gasteiger partial charge on any atom is 0.302 e. The summed E-state index contributed by atoms with van der Waals surface area (Å²) in [6, 6.07) is 0. The fourth-order valence-electron chi connectivity index (χ4n) is 0.844. The van der Waals surface area contributed by atoms with Gasteiger partial charge in [-0.1, -0.05) is 0 Å². The lowest BCUT2D eigenvalue weighted by atomic mass is 10.7. The molecule has 0 radical (unpaired) electrons. The van der Waals surface area contributed by atoms with Crippen molar-refractivity contribution in [2.45, 2.75) is 20.3 Å². The van der Waals surface area contributed by atoms with Crippen LogP contribution in [0.15, 0.2) is 0 Å². The normalized spacial score (nSPS) is 10.4. The summed E-state index contributed by atoms with van der Waals surface area (Å²) in [4.78, 5) is 20.9. The molecule has 0 unspecified atom stereocenters. The highest BCUT2D eigenvalue weighted by Crippen LogP contribution is 1.96. The molecule has 0 aliphatic rings. The smallest absolute Gasteiger partial charge is 0.302 e. The van der Waals surface area contributed by atoms with Gasteiger partial charge < -0.3 is 23.7 Å². The van der Waals surface area contributed by atoms with Crippen molar-refractivity contribution in [3.63, 3.8) is 0 Å². The summed E-state index contributed by atoms with van der Waals surface area (Å²) in [7, 11) is 1.41. The summed E-state index contributed by atoms with van der Waals surface area (Å²) in [6.07, 6.45) is 0. The molecule has 100 valence electrons. The zero-order valence-electron chi connectivity index (χ0n) is 10.3. The summed E-state index contributed by atoms with van der Waals surface area (Å²) < 4.78 is 24.3. The third-order valence-corrected chi connectivity index (χ3v) is 1.48. The van der Waals surface area contributed by atoms with Gasteiger partial charge in [-0.2, -0.15) is 0 Å². The minimum atomic E-state index is -0.874. The zero-order valence-corrected chi connectivity index (χ0v) is 10.3. The molecule has 7 heteroatoms. The number of methoxy groups -OCH3 is 1. The number of rotatable bonds is 9. The van der Waals surface area contributed by atoms with E-state index in [0.29, 0.717) is 0 Å². The van der Waals surface area contributed by atoms with Gasteiger partial charge in [-0.3, -0.25) is 9.59 Å². The van der Waals surface area contributed by atoms with E-state index in [1.165, 1.54) is 21.0 Å². The van der Waals surface area contributed by atoms with E-state index >= 15 is 0 Å². The first kappa shape index (κ1) is 15.8. The second-order valence-electron chi connectivity index (χ2n) is 2.95. The minimum absolute atomic E-state index is 0.127. The van der Waals surface area contributed by atoms with Gasteiger partial charge in [0.25, 0.3) is 6.48 Å². The molecular weight excluding hydrogens is 232 g/mol. The Labute approximate surface area is 99.9 Å². The molecule has 0 atom stereocenters. The molecule has 0 aromatic carbocycles. The molecule has 0 saturated heterocycles. The maximum atomic E-state index is 10.4. The highest BCUT2D eigenvalue weighted by molar-refractivity contribution is 5.66. The van der Waals surface area contributed by atoms with Crippen LogP contribution < -0.4 is 0 Å². The summed E-state index contributed by atoms with van der Waals surface area (Å²) in [5.74, 6) is -0.753. The van der Waals surface area contributed by atoms with E-state index < -0.39 is 6.48 Å². The first-order valence-corrected chi connectivity index (χ1v) is 5.09. The Balaban J connectivity index is 3.48. The molecular formula is C10H18O7. The van der Waals surface area contributed by atoms with Crippen molar-refractivity contribution in [2.75, 3.05) is 33.5 Å². The van der Waals surface area contributed by atoms with E-state index in [-0.39, 0.29) is 38.4 Å². The molecule has 0 bridgehead atoms. The molecule has 7 nitrogen and oxygen atoms in total. The molecule has 17 heavy (non-hydrogen) atoms. The number of hydrogen-bond acceptors (Lipinski definition) is 7. The van der Waals surface area contributed by atoms with E-state index in [1.807, 2.05) is 0 Å². The van der Waals surface area contributed by atoms with Gasteiger partial charge in [-0.15, -0.1) is 0 Å². The third-order valence-electron chi connectivity index (χ3n) is 1.48. The monoisotopic (exact) mass is 250 g/mol. The van der Waals surface area contributed by atoms with Crippen molar-refractivity contribution in [3.05, 3.63) is 0 Å². The van der Waals surface area contributed by atoms with E-state index in [9.17, 15) is 9.59 Å². The summed E-state index contributed by atoms with van der Waals surface area (Å²) in [5, 5.41) is 0. The molecule has 0 aromatic heterocycles. The van der Waals surface area contributed by atoms with Crippen LogP contribution in [0.1, 0.15) is 13.8 Å². The highest BCUT2D eigenvalue weighted by Gasteiger charge is 2.08. The average Bonchev–Trinajstić information content (AvgIpc) is 2.26. The van der Waals surface area contributed by atoms with E-state index in [0.717, 1.165) is 0 Å².